The fourth-order valence-corrected chi connectivity index (χ4v) is 8.59. The van der Waals surface area contributed by atoms with Crippen LogP contribution in [0.2, 0.25) is 0 Å². The number of aliphatic hydroxyl groups excluding tert-OH is 1. The molecular formula is C49H65NO29. The van der Waals surface area contributed by atoms with Gasteiger partial charge in [0.1, 0.15) is 74.0 Å². The lowest BCUT2D eigenvalue weighted by atomic mass is 9.87. The zero-order valence-electron chi connectivity index (χ0n) is 45.2. The number of hydrogen-bond acceptors (Lipinski definition) is 29. The minimum atomic E-state index is -3.12. The van der Waals surface area contributed by atoms with Gasteiger partial charge in [0.25, 0.3) is 5.79 Å². The summed E-state index contributed by atoms with van der Waals surface area (Å²) in [7, 11) is 2.26. The Labute approximate surface area is 451 Å². The van der Waals surface area contributed by atoms with Crippen molar-refractivity contribution in [2.24, 2.45) is 0 Å². The SMILES string of the molecule is COC(=O)[C@@]1(O[C@H]2[C@@H](O)[C@@H](COC(C)=O)O[C@@H](O[C@H]3[C@H](OC(C)=O)[C@@H](OC(C)=O)[C@H](Oc4ccc(OC)cc4)O[C@@H]3COC(C)=O)[C@@H]2OC(C)=O)C[C@H](OC(C)=O)[C@@H](NC(C)=O)[C@H]([C@H](OC(C)=O)[C@@H](COC(C)=O)OC(C)=O)O1. The fraction of sp³-hybridized carbons (Fsp3) is 0.653. The highest BCUT2D eigenvalue weighted by molar-refractivity contribution is 5.79. The molecule has 1 aromatic rings. The van der Waals surface area contributed by atoms with Gasteiger partial charge in [0.15, 0.2) is 30.7 Å². The summed E-state index contributed by atoms with van der Waals surface area (Å²) in [6, 6.07) is 4.25. The third kappa shape index (κ3) is 18.4. The quantitative estimate of drug-likeness (QED) is 0.0990. The van der Waals surface area contributed by atoms with Crippen LogP contribution in [0.3, 0.4) is 0 Å². The Morgan fingerprint density at radius 1 is 0.595 bits per heavy atom. The van der Waals surface area contributed by atoms with Crippen molar-refractivity contribution in [2.75, 3.05) is 34.0 Å². The maximum absolute atomic E-state index is 14.6. The summed E-state index contributed by atoms with van der Waals surface area (Å²) in [5, 5.41) is 14.8. The van der Waals surface area contributed by atoms with E-state index in [1.807, 2.05) is 0 Å². The van der Waals surface area contributed by atoms with E-state index in [4.69, 9.17) is 80.5 Å². The van der Waals surface area contributed by atoms with E-state index in [1.54, 1.807) is 0 Å². The van der Waals surface area contributed by atoms with Gasteiger partial charge in [-0.05, 0) is 24.3 Å². The molecule has 3 aliphatic rings. The van der Waals surface area contributed by atoms with Crippen molar-refractivity contribution in [3.8, 4) is 11.5 Å². The summed E-state index contributed by atoms with van der Waals surface area (Å²) in [5.74, 6) is -14.0. The molecule has 0 aromatic heterocycles. The Hall–Kier alpha value is -7.25. The van der Waals surface area contributed by atoms with E-state index in [0.717, 1.165) is 76.3 Å². The van der Waals surface area contributed by atoms with E-state index in [2.05, 4.69) is 5.32 Å². The number of methoxy groups -OCH3 is 2. The number of carbonyl (C=O) groups excluding carboxylic acids is 11. The van der Waals surface area contributed by atoms with E-state index in [1.165, 1.54) is 31.4 Å². The minimum Gasteiger partial charge on any atom is -0.497 e. The normalized spacial score (nSPS) is 29.0. The Balaban J connectivity index is 2.02. The molecule has 0 bridgehead atoms. The molecule has 1 amide bonds. The van der Waals surface area contributed by atoms with Gasteiger partial charge >= 0.3 is 59.7 Å². The van der Waals surface area contributed by atoms with Crippen LogP contribution in [-0.4, -0.2) is 202 Å². The van der Waals surface area contributed by atoms with Gasteiger partial charge in [-0.2, -0.15) is 0 Å². The first-order valence-electron chi connectivity index (χ1n) is 24.2. The van der Waals surface area contributed by atoms with Crippen LogP contribution in [0.25, 0.3) is 0 Å². The summed E-state index contributed by atoms with van der Waals surface area (Å²) in [6.07, 6.45) is -28.3. The van der Waals surface area contributed by atoms with Crippen LogP contribution < -0.4 is 14.8 Å². The predicted molar refractivity (Wildman–Crippen MR) is 252 cm³/mol. The zero-order chi connectivity index (χ0) is 59.1. The van der Waals surface area contributed by atoms with Crippen molar-refractivity contribution in [2.45, 2.75) is 173 Å². The van der Waals surface area contributed by atoms with Gasteiger partial charge in [0.2, 0.25) is 18.3 Å². The summed E-state index contributed by atoms with van der Waals surface area (Å²) in [4.78, 5) is 142. The van der Waals surface area contributed by atoms with Crippen molar-refractivity contribution in [1.29, 1.82) is 0 Å². The number of ether oxygens (including phenoxy) is 17. The highest BCUT2D eigenvalue weighted by atomic mass is 16.8. The molecule has 16 atom stereocenters. The number of rotatable bonds is 23. The highest BCUT2D eigenvalue weighted by Gasteiger charge is 2.64. The van der Waals surface area contributed by atoms with Crippen molar-refractivity contribution in [3.05, 3.63) is 24.3 Å². The molecule has 1 aromatic carbocycles. The molecule has 30 nitrogen and oxygen atoms in total. The molecule has 0 aliphatic carbocycles. The van der Waals surface area contributed by atoms with Crippen molar-refractivity contribution >= 4 is 65.6 Å². The molecule has 3 saturated heterocycles. The molecule has 3 heterocycles. The first-order chi connectivity index (χ1) is 37.1. The van der Waals surface area contributed by atoms with Crippen LogP contribution >= 0.6 is 0 Å². The second-order valence-electron chi connectivity index (χ2n) is 17.8. The minimum absolute atomic E-state index is 0.0967. The molecule has 3 fully saturated rings. The molecule has 0 saturated carbocycles. The fourth-order valence-electron chi connectivity index (χ4n) is 8.59. The second kappa shape index (κ2) is 29.1. The number of esters is 10. The number of carbonyl (C=O) groups is 11. The molecule has 79 heavy (non-hydrogen) atoms. The third-order valence-corrected chi connectivity index (χ3v) is 11.4. The van der Waals surface area contributed by atoms with Crippen molar-refractivity contribution < 1.29 is 138 Å². The van der Waals surface area contributed by atoms with Crippen LogP contribution in [-0.2, 0) is 124 Å². The van der Waals surface area contributed by atoms with Crippen molar-refractivity contribution in [3.63, 3.8) is 0 Å². The Morgan fingerprint density at radius 3 is 1.59 bits per heavy atom. The van der Waals surface area contributed by atoms with Crippen LogP contribution in [0.5, 0.6) is 11.5 Å². The first-order valence-corrected chi connectivity index (χ1v) is 24.2. The molecule has 4 rings (SSSR count). The smallest absolute Gasteiger partial charge is 0.366 e. The van der Waals surface area contributed by atoms with Gasteiger partial charge < -0.3 is 90.9 Å². The number of hydrogen-bond donors (Lipinski definition) is 2. The Morgan fingerprint density at radius 2 is 1.10 bits per heavy atom. The van der Waals surface area contributed by atoms with E-state index in [9.17, 15) is 57.8 Å². The molecule has 2 N–H and O–H groups in total. The lowest BCUT2D eigenvalue weighted by Gasteiger charge is -2.52. The van der Waals surface area contributed by atoms with Gasteiger partial charge in [0.05, 0.1) is 26.7 Å². The summed E-state index contributed by atoms with van der Waals surface area (Å²) < 4.78 is 97.8. The van der Waals surface area contributed by atoms with Gasteiger partial charge in [-0.1, -0.05) is 0 Å². The van der Waals surface area contributed by atoms with E-state index < -0.39 is 189 Å². The Bertz CT molecular complexity index is 2360. The molecule has 30 heteroatoms. The average Bonchev–Trinajstić information content (AvgIpc) is 3.37. The summed E-state index contributed by atoms with van der Waals surface area (Å²) >= 11 is 0. The van der Waals surface area contributed by atoms with Gasteiger partial charge in [-0.25, -0.2) is 4.79 Å². The molecule has 0 radical (unpaired) electrons. The van der Waals surface area contributed by atoms with E-state index in [-0.39, 0.29) is 5.75 Å². The largest absolute Gasteiger partial charge is 0.497 e. The number of benzene rings is 1. The lowest BCUT2D eigenvalue weighted by molar-refractivity contribution is -0.385. The van der Waals surface area contributed by atoms with Crippen LogP contribution in [0.15, 0.2) is 24.3 Å². The third-order valence-electron chi connectivity index (χ3n) is 11.4. The highest BCUT2D eigenvalue weighted by Crippen LogP contribution is 2.42. The van der Waals surface area contributed by atoms with Crippen molar-refractivity contribution in [1.82, 2.24) is 5.32 Å². The maximum atomic E-state index is 14.6. The topological polar surface area (TPSA) is 377 Å². The Kier molecular flexibility index (Phi) is 23.7. The molecule has 0 spiro atoms. The molecule has 3 aliphatic heterocycles. The molecule has 0 unspecified atom stereocenters. The molecular weight excluding hydrogens is 1070 g/mol. The number of amides is 1. The monoisotopic (exact) mass is 1130 g/mol. The van der Waals surface area contributed by atoms with Gasteiger partial charge in [-0.3, -0.25) is 47.9 Å². The van der Waals surface area contributed by atoms with E-state index in [0.29, 0.717) is 5.75 Å². The van der Waals surface area contributed by atoms with Crippen LogP contribution in [0.1, 0.15) is 75.7 Å². The lowest BCUT2D eigenvalue weighted by Crippen LogP contribution is -2.72. The van der Waals surface area contributed by atoms with Gasteiger partial charge in [0, 0.05) is 69.2 Å². The predicted octanol–water partition coefficient (Wildman–Crippen LogP) is -0.902. The summed E-state index contributed by atoms with van der Waals surface area (Å²) in [6.45, 7) is 7.24. The van der Waals surface area contributed by atoms with Crippen LogP contribution in [0, 0.1) is 0 Å². The maximum Gasteiger partial charge on any atom is 0.366 e. The standard InChI is InChI=1S/C49H65NO29/c1-21(51)50-37-33(68-25(5)55)17-49(48(62)64-12,78-41(37)39(70-27(7)57)35(69-26(6)56)19-66-23(3)53)79-42-38(61)34(18-65-22(2)52)75-47(44(42)72-29(9)59)77-40-36(20-67-24(4)54)76-46(74-32-15-13-31(63-11)14-16-32)45(73-30(10)60)43(40)71-28(8)58/h13-16,33-47,61H,17-20H2,1-12H3,(H,50,51)/t33-,34+,35+,36+,37+,38-,39+,40+,41+,42-,43-,44+,45+,46+,47-,49-/m0/s1. The average molecular weight is 1130 g/mol. The second-order valence-corrected chi connectivity index (χ2v) is 17.8. The van der Waals surface area contributed by atoms with Gasteiger partial charge in [-0.15, -0.1) is 0 Å². The molecule has 440 valence electrons. The first kappa shape index (κ1) is 64.3. The zero-order valence-corrected chi connectivity index (χ0v) is 45.2. The van der Waals surface area contributed by atoms with Crippen LogP contribution in [0.4, 0.5) is 0 Å². The number of nitrogens with one attached hydrogen (secondary N) is 1. The summed E-state index contributed by atoms with van der Waals surface area (Å²) in [5.41, 5.74) is 0. The number of aliphatic hydroxyl groups is 1. The van der Waals surface area contributed by atoms with E-state index >= 15 is 0 Å².